The molecule has 138 valence electrons. The van der Waals surface area contributed by atoms with Gasteiger partial charge in [0, 0.05) is 45.0 Å². The molecule has 0 atom stereocenters. The highest BCUT2D eigenvalue weighted by atomic mass is 16.5. The Bertz CT molecular complexity index is 880. The Morgan fingerprint density at radius 3 is 2.38 bits per heavy atom. The number of nitrogens with zero attached hydrogens (tertiary/aromatic N) is 3. The van der Waals surface area contributed by atoms with E-state index < -0.39 is 0 Å². The van der Waals surface area contributed by atoms with Crippen molar-refractivity contribution in [3.63, 3.8) is 0 Å². The van der Waals surface area contributed by atoms with E-state index in [2.05, 4.69) is 36.9 Å². The van der Waals surface area contributed by atoms with E-state index in [0.29, 0.717) is 18.8 Å². The van der Waals surface area contributed by atoms with Crippen LogP contribution in [0.3, 0.4) is 0 Å². The molecule has 1 saturated heterocycles. The first-order valence-corrected chi connectivity index (χ1v) is 8.77. The number of methoxy groups -OCH3 is 1. The first kappa shape index (κ1) is 18.0. The summed E-state index contributed by atoms with van der Waals surface area (Å²) in [6, 6.07) is 7.81. The predicted molar refractivity (Wildman–Crippen MR) is 102 cm³/mol. The van der Waals surface area contributed by atoms with Crippen molar-refractivity contribution < 1.29 is 9.53 Å². The van der Waals surface area contributed by atoms with Gasteiger partial charge in [-0.1, -0.05) is 17.7 Å². The molecule has 0 radical (unpaired) electrons. The molecule has 6 heteroatoms. The summed E-state index contributed by atoms with van der Waals surface area (Å²) >= 11 is 0. The molecule has 1 aliphatic heterocycles. The number of benzene rings is 1. The Hall–Kier alpha value is -2.76. The maximum absolute atomic E-state index is 12.8. The highest BCUT2D eigenvalue weighted by Gasteiger charge is 2.24. The molecule has 26 heavy (non-hydrogen) atoms. The number of aromatic nitrogens is 1. The van der Waals surface area contributed by atoms with Crippen LogP contribution in [-0.2, 0) is 7.05 Å². The number of piperazine rings is 1. The number of ether oxygens (including phenoxy) is 1. The first-order valence-electron chi connectivity index (χ1n) is 8.77. The van der Waals surface area contributed by atoms with Gasteiger partial charge in [0.15, 0.2) is 5.75 Å². The van der Waals surface area contributed by atoms with E-state index >= 15 is 0 Å². The van der Waals surface area contributed by atoms with Gasteiger partial charge in [-0.3, -0.25) is 9.59 Å². The van der Waals surface area contributed by atoms with Crippen LogP contribution in [-0.4, -0.2) is 48.7 Å². The number of pyridine rings is 1. The van der Waals surface area contributed by atoms with Crippen LogP contribution in [0.4, 0.5) is 5.69 Å². The third-order valence-corrected chi connectivity index (χ3v) is 4.90. The van der Waals surface area contributed by atoms with Gasteiger partial charge < -0.3 is 19.1 Å². The number of carbonyl (C=O) groups excluding carboxylic acids is 1. The Morgan fingerprint density at radius 2 is 1.77 bits per heavy atom. The van der Waals surface area contributed by atoms with Crippen LogP contribution in [0.1, 0.15) is 21.6 Å². The van der Waals surface area contributed by atoms with Crippen molar-refractivity contribution in [3.05, 3.63) is 57.5 Å². The van der Waals surface area contributed by atoms with E-state index in [1.54, 1.807) is 22.7 Å². The van der Waals surface area contributed by atoms with E-state index in [4.69, 9.17) is 4.74 Å². The Morgan fingerprint density at radius 1 is 1.08 bits per heavy atom. The molecular formula is C20H25N3O3. The minimum atomic E-state index is -0.275. The van der Waals surface area contributed by atoms with Crippen molar-refractivity contribution in [2.75, 3.05) is 38.2 Å². The number of aryl methyl sites for hydroxylation is 3. The van der Waals surface area contributed by atoms with Gasteiger partial charge in [-0.25, -0.2) is 0 Å². The zero-order chi connectivity index (χ0) is 18.8. The van der Waals surface area contributed by atoms with Crippen LogP contribution in [0.15, 0.2) is 35.3 Å². The van der Waals surface area contributed by atoms with Crippen LogP contribution in [0.25, 0.3) is 0 Å². The lowest BCUT2D eigenvalue weighted by Gasteiger charge is -2.37. The smallest absolute Gasteiger partial charge is 0.270 e. The Kier molecular flexibility index (Phi) is 5.02. The van der Waals surface area contributed by atoms with Gasteiger partial charge in [0.05, 0.1) is 13.3 Å². The van der Waals surface area contributed by atoms with Crippen LogP contribution in [0.2, 0.25) is 0 Å². The topological polar surface area (TPSA) is 54.8 Å². The zero-order valence-electron chi connectivity index (χ0n) is 15.8. The summed E-state index contributed by atoms with van der Waals surface area (Å²) in [6.45, 7) is 7.03. The summed E-state index contributed by atoms with van der Waals surface area (Å²) in [5.74, 6) is 0.122. The monoisotopic (exact) mass is 355 g/mol. The van der Waals surface area contributed by atoms with E-state index in [-0.39, 0.29) is 17.1 Å². The van der Waals surface area contributed by atoms with Gasteiger partial charge in [0.2, 0.25) is 5.43 Å². The quantitative estimate of drug-likeness (QED) is 0.845. The largest absolute Gasteiger partial charge is 0.491 e. The van der Waals surface area contributed by atoms with Crippen LogP contribution >= 0.6 is 0 Å². The Balaban J connectivity index is 1.73. The summed E-state index contributed by atoms with van der Waals surface area (Å²) in [5, 5.41) is 0. The molecule has 0 saturated carbocycles. The normalized spacial score (nSPS) is 14.5. The maximum atomic E-state index is 12.8. The number of hydrogen-bond acceptors (Lipinski definition) is 4. The molecule has 0 bridgehead atoms. The van der Waals surface area contributed by atoms with Gasteiger partial charge in [0.1, 0.15) is 5.69 Å². The zero-order valence-corrected chi connectivity index (χ0v) is 15.8. The van der Waals surface area contributed by atoms with Gasteiger partial charge in [-0.05, 0) is 25.5 Å². The molecule has 2 heterocycles. The predicted octanol–water partition coefficient (Wildman–Crippen LogP) is 1.97. The lowest BCUT2D eigenvalue weighted by atomic mass is 10.1. The highest BCUT2D eigenvalue weighted by Crippen LogP contribution is 2.23. The molecule has 1 aromatic carbocycles. The molecule has 3 rings (SSSR count). The second kappa shape index (κ2) is 7.23. The van der Waals surface area contributed by atoms with Gasteiger partial charge in [0.25, 0.3) is 5.91 Å². The number of rotatable bonds is 3. The molecule has 0 N–H and O–H groups in total. The molecule has 1 amide bonds. The molecule has 1 aromatic heterocycles. The molecule has 6 nitrogen and oxygen atoms in total. The fourth-order valence-corrected chi connectivity index (χ4v) is 3.44. The van der Waals surface area contributed by atoms with Gasteiger partial charge in [-0.2, -0.15) is 0 Å². The molecule has 2 aromatic rings. The highest BCUT2D eigenvalue weighted by molar-refractivity contribution is 5.92. The number of hydrogen-bond donors (Lipinski definition) is 0. The van der Waals surface area contributed by atoms with Gasteiger partial charge in [-0.15, -0.1) is 0 Å². The molecule has 0 unspecified atom stereocenters. The number of carbonyl (C=O) groups is 1. The molecule has 0 aliphatic carbocycles. The standard InChI is InChI=1S/C20H25N3O3/c1-14-5-6-16(15(2)11-14)22-7-9-23(10-8-22)20(25)17-12-18(24)19(26-4)13-21(17)3/h5-6,11-13H,7-10H2,1-4H3. The van der Waals surface area contributed by atoms with E-state index in [0.717, 1.165) is 13.1 Å². The molecule has 1 fully saturated rings. The summed E-state index contributed by atoms with van der Waals surface area (Å²) in [6.07, 6.45) is 1.56. The van der Waals surface area contributed by atoms with Crippen molar-refractivity contribution >= 4 is 11.6 Å². The van der Waals surface area contributed by atoms with Crippen molar-refractivity contribution in [2.45, 2.75) is 13.8 Å². The van der Waals surface area contributed by atoms with Crippen molar-refractivity contribution in [3.8, 4) is 5.75 Å². The third kappa shape index (κ3) is 3.45. The molecular weight excluding hydrogens is 330 g/mol. The second-order valence-corrected chi connectivity index (χ2v) is 6.77. The first-order chi connectivity index (χ1) is 12.4. The fraction of sp³-hybridized carbons (Fsp3) is 0.400. The average Bonchev–Trinajstić information content (AvgIpc) is 2.63. The second-order valence-electron chi connectivity index (χ2n) is 6.77. The number of amides is 1. The van der Waals surface area contributed by atoms with E-state index in [1.807, 2.05) is 0 Å². The molecule has 0 spiro atoms. The maximum Gasteiger partial charge on any atom is 0.270 e. The lowest BCUT2D eigenvalue weighted by molar-refractivity contribution is 0.0736. The summed E-state index contributed by atoms with van der Waals surface area (Å²) in [5.41, 5.74) is 3.83. The lowest BCUT2D eigenvalue weighted by Crippen LogP contribution is -2.49. The van der Waals surface area contributed by atoms with Crippen molar-refractivity contribution in [1.82, 2.24) is 9.47 Å². The van der Waals surface area contributed by atoms with Crippen molar-refractivity contribution in [1.29, 1.82) is 0 Å². The SMILES string of the molecule is COc1cn(C)c(C(=O)N2CCN(c3ccc(C)cc3C)CC2)cc1=O. The molecule has 1 aliphatic rings. The van der Waals surface area contributed by atoms with Crippen molar-refractivity contribution in [2.24, 2.45) is 7.05 Å². The summed E-state index contributed by atoms with van der Waals surface area (Å²) in [7, 11) is 3.20. The summed E-state index contributed by atoms with van der Waals surface area (Å²) in [4.78, 5) is 28.9. The fourth-order valence-electron chi connectivity index (χ4n) is 3.44. The van der Waals surface area contributed by atoms with Crippen LogP contribution < -0.4 is 15.1 Å². The Labute approximate surface area is 153 Å². The van der Waals surface area contributed by atoms with Gasteiger partial charge >= 0.3 is 0 Å². The minimum Gasteiger partial charge on any atom is -0.491 e. The third-order valence-electron chi connectivity index (χ3n) is 4.90. The van der Waals surface area contributed by atoms with E-state index in [9.17, 15) is 9.59 Å². The minimum absolute atomic E-state index is 0.118. The summed E-state index contributed by atoms with van der Waals surface area (Å²) < 4.78 is 6.68. The average molecular weight is 355 g/mol. The van der Waals surface area contributed by atoms with Crippen LogP contribution in [0, 0.1) is 13.8 Å². The van der Waals surface area contributed by atoms with Crippen LogP contribution in [0.5, 0.6) is 5.75 Å². The van der Waals surface area contributed by atoms with E-state index in [1.165, 1.54) is 30.0 Å². The number of anilines is 1.